The van der Waals surface area contributed by atoms with E-state index in [-0.39, 0.29) is 35.5 Å². The molecule has 0 aliphatic carbocycles. The maximum Gasteiger partial charge on any atom is 0.361 e. The first-order valence-corrected chi connectivity index (χ1v) is 7.42. The van der Waals surface area contributed by atoms with Gasteiger partial charge in [-0.15, -0.1) is 0 Å². The number of hydrogen-bond acceptors (Lipinski definition) is 7. The number of oxazole rings is 1. The van der Waals surface area contributed by atoms with E-state index in [1.807, 2.05) is 30.3 Å². The maximum atomic E-state index is 12.3. The molecule has 3 aromatic rings. The number of esters is 1. The second-order valence-corrected chi connectivity index (χ2v) is 5.23. The Kier molecular flexibility index (Phi) is 4.60. The number of carbonyl (C=O) groups is 1. The van der Waals surface area contributed by atoms with Gasteiger partial charge in [0.25, 0.3) is 6.54 Å². The molecule has 25 heavy (non-hydrogen) atoms. The zero-order valence-electron chi connectivity index (χ0n) is 13.3. The van der Waals surface area contributed by atoms with Crippen molar-refractivity contribution in [2.75, 3.05) is 0 Å². The first-order chi connectivity index (χ1) is 12.0. The minimum Gasteiger partial charge on any atom is -0.456 e. The van der Waals surface area contributed by atoms with E-state index in [1.165, 1.54) is 12.1 Å². The van der Waals surface area contributed by atoms with E-state index < -0.39 is 17.4 Å². The van der Waals surface area contributed by atoms with Gasteiger partial charge in [-0.2, -0.15) is 0 Å². The summed E-state index contributed by atoms with van der Waals surface area (Å²) in [6, 6.07) is 12.2. The van der Waals surface area contributed by atoms with E-state index in [0.29, 0.717) is 0 Å². The minimum atomic E-state index is -0.664. The fourth-order valence-corrected chi connectivity index (χ4v) is 2.24. The average Bonchev–Trinajstić information content (AvgIpc) is 3.19. The quantitative estimate of drug-likeness (QED) is 0.384. The Balaban J connectivity index is 1.79. The molecule has 0 bridgehead atoms. The lowest BCUT2D eigenvalue weighted by molar-refractivity contribution is -0.499. The summed E-state index contributed by atoms with van der Waals surface area (Å²) in [6.45, 7) is 1.22. The van der Waals surface area contributed by atoms with Crippen molar-refractivity contribution in [3.63, 3.8) is 0 Å². The molecule has 1 aromatic carbocycles. The molecule has 0 N–H and O–H groups in total. The number of ether oxygens (including phenoxy) is 1. The Morgan fingerprint density at radius 1 is 1.20 bits per heavy atom. The highest BCUT2D eigenvalue weighted by molar-refractivity contribution is 5.93. The van der Waals surface area contributed by atoms with Crippen molar-refractivity contribution < 1.29 is 23.3 Å². The first kappa shape index (κ1) is 16.4. The predicted octanol–water partition coefficient (Wildman–Crippen LogP) is 3.38. The molecule has 2 aromatic heterocycles. The summed E-state index contributed by atoms with van der Waals surface area (Å²) in [5.41, 5.74) is 0.805. The fourth-order valence-electron chi connectivity index (χ4n) is 2.24. The molecule has 0 fully saturated rings. The van der Waals surface area contributed by atoms with Crippen molar-refractivity contribution in [2.45, 2.75) is 20.1 Å². The van der Waals surface area contributed by atoms with Gasteiger partial charge < -0.3 is 13.6 Å². The van der Waals surface area contributed by atoms with E-state index in [0.717, 1.165) is 5.56 Å². The normalized spacial score (nSPS) is 10.6. The average molecular weight is 342 g/mol. The molecule has 128 valence electrons. The number of rotatable bonds is 6. The van der Waals surface area contributed by atoms with E-state index in [9.17, 15) is 14.9 Å². The monoisotopic (exact) mass is 342 g/mol. The summed E-state index contributed by atoms with van der Waals surface area (Å²) >= 11 is 0. The van der Waals surface area contributed by atoms with Crippen LogP contribution in [0.5, 0.6) is 0 Å². The lowest BCUT2D eigenvalue weighted by Crippen LogP contribution is -2.07. The molecule has 0 saturated heterocycles. The van der Waals surface area contributed by atoms with Gasteiger partial charge >= 0.3 is 5.97 Å². The summed E-state index contributed by atoms with van der Waals surface area (Å²) in [7, 11) is 0. The lowest BCUT2D eigenvalue weighted by Gasteiger charge is -2.03. The second kappa shape index (κ2) is 7.00. The van der Waals surface area contributed by atoms with Gasteiger partial charge in [0.2, 0.25) is 5.76 Å². The minimum absolute atomic E-state index is 0.0320. The molecule has 0 amide bonds. The molecule has 0 aliphatic rings. The van der Waals surface area contributed by atoms with Crippen LogP contribution in [-0.4, -0.2) is 15.9 Å². The summed E-state index contributed by atoms with van der Waals surface area (Å²) in [6.07, 6.45) is 0. The SMILES string of the molecule is Cc1nc(C(=O)OCc2ccccc2)c(-c2ccc(C[N+](=O)[O-])o2)o1. The van der Waals surface area contributed by atoms with Gasteiger partial charge in [-0.05, 0) is 17.7 Å². The van der Waals surface area contributed by atoms with Crippen molar-refractivity contribution in [1.82, 2.24) is 4.98 Å². The first-order valence-electron chi connectivity index (χ1n) is 7.42. The zero-order valence-corrected chi connectivity index (χ0v) is 13.3. The van der Waals surface area contributed by atoms with E-state index in [1.54, 1.807) is 6.92 Å². The number of nitrogens with zero attached hydrogens (tertiary/aromatic N) is 2. The molecule has 0 atom stereocenters. The molecular weight excluding hydrogens is 328 g/mol. The number of hydrogen-bond donors (Lipinski definition) is 0. The van der Waals surface area contributed by atoms with Crippen LogP contribution in [0.25, 0.3) is 11.5 Å². The van der Waals surface area contributed by atoms with E-state index >= 15 is 0 Å². The number of furan rings is 1. The van der Waals surface area contributed by atoms with Crippen LogP contribution in [0, 0.1) is 17.0 Å². The number of nitro groups is 1. The van der Waals surface area contributed by atoms with Crippen molar-refractivity contribution >= 4 is 5.97 Å². The van der Waals surface area contributed by atoms with Crippen molar-refractivity contribution in [1.29, 1.82) is 0 Å². The third kappa shape index (κ3) is 3.92. The Morgan fingerprint density at radius 2 is 1.96 bits per heavy atom. The van der Waals surface area contributed by atoms with E-state index in [4.69, 9.17) is 13.6 Å². The van der Waals surface area contributed by atoms with Crippen molar-refractivity contribution in [3.8, 4) is 11.5 Å². The van der Waals surface area contributed by atoms with Crippen LogP contribution >= 0.6 is 0 Å². The summed E-state index contributed by atoms with van der Waals surface area (Å²) in [4.78, 5) is 26.4. The largest absolute Gasteiger partial charge is 0.456 e. The molecule has 3 rings (SSSR count). The summed E-state index contributed by atoms with van der Waals surface area (Å²) in [5, 5.41) is 10.5. The van der Waals surface area contributed by atoms with Crippen LogP contribution < -0.4 is 0 Å². The maximum absolute atomic E-state index is 12.3. The molecular formula is C17H14N2O6. The molecule has 0 unspecified atom stereocenters. The fraction of sp³-hybridized carbons (Fsp3) is 0.176. The standard InChI is InChI=1S/C17H14N2O6/c1-11-18-15(17(20)23-10-12-5-3-2-4-6-12)16(24-11)14-8-7-13(25-14)9-19(21)22/h2-8H,9-10H2,1H3. The third-order valence-electron chi connectivity index (χ3n) is 3.31. The Labute approximate surface area is 142 Å². The number of aromatic nitrogens is 1. The Bertz CT molecular complexity index is 897. The lowest BCUT2D eigenvalue weighted by atomic mass is 10.2. The van der Waals surface area contributed by atoms with Gasteiger partial charge in [0, 0.05) is 11.8 Å². The second-order valence-electron chi connectivity index (χ2n) is 5.23. The Morgan fingerprint density at radius 3 is 2.68 bits per heavy atom. The van der Waals surface area contributed by atoms with Crippen LogP contribution in [0.15, 0.2) is 51.3 Å². The molecule has 2 heterocycles. The van der Waals surface area contributed by atoms with Crippen molar-refractivity contribution in [3.05, 3.63) is 75.5 Å². The Hall–Kier alpha value is -3.42. The van der Waals surface area contributed by atoms with Crippen molar-refractivity contribution in [2.24, 2.45) is 0 Å². The highest BCUT2D eigenvalue weighted by Gasteiger charge is 2.24. The van der Waals surface area contributed by atoms with Crippen LogP contribution in [0.4, 0.5) is 0 Å². The summed E-state index contributed by atoms with van der Waals surface area (Å²) < 4.78 is 16.0. The molecule has 8 nitrogen and oxygen atoms in total. The highest BCUT2D eigenvalue weighted by atomic mass is 16.6. The van der Waals surface area contributed by atoms with Crippen LogP contribution in [0.3, 0.4) is 0 Å². The number of benzene rings is 1. The van der Waals surface area contributed by atoms with Gasteiger partial charge in [-0.3, -0.25) is 10.1 Å². The van der Waals surface area contributed by atoms with Gasteiger partial charge in [0.1, 0.15) is 6.61 Å². The van der Waals surface area contributed by atoms with Gasteiger partial charge in [-0.1, -0.05) is 30.3 Å². The molecule has 0 spiro atoms. The van der Waals surface area contributed by atoms with E-state index in [2.05, 4.69) is 4.98 Å². The third-order valence-corrected chi connectivity index (χ3v) is 3.31. The smallest absolute Gasteiger partial charge is 0.361 e. The molecule has 0 saturated carbocycles. The topological polar surface area (TPSA) is 109 Å². The van der Waals surface area contributed by atoms with Crippen LogP contribution in [0.1, 0.15) is 27.7 Å². The predicted molar refractivity (Wildman–Crippen MR) is 85.2 cm³/mol. The van der Waals surface area contributed by atoms with Crippen LogP contribution in [-0.2, 0) is 17.9 Å². The van der Waals surface area contributed by atoms with Crippen LogP contribution in [0.2, 0.25) is 0 Å². The van der Waals surface area contributed by atoms with Gasteiger partial charge in [0.15, 0.2) is 23.1 Å². The zero-order chi connectivity index (χ0) is 17.8. The van der Waals surface area contributed by atoms with Gasteiger partial charge in [-0.25, -0.2) is 9.78 Å². The van der Waals surface area contributed by atoms with Gasteiger partial charge in [0.05, 0.1) is 0 Å². The molecule has 8 heteroatoms. The summed E-state index contributed by atoms with van der Waals surface area (Å²) in [5.74, 6) is 0.0174. The molecule has 0 radical (unpaired) electrons. The number of aryl methyl sites for hydroxylation is 1. The highest BCUT2D eigenvalue weighted by Crippen LogP contribution is 2.28. The number of carbonyl (C=O) groups excluding carboxylic acids is 1. The molecule has 0 aliphatic heterocycles.